The van der Waals surface area contributed by atoms with Gasteiger partial charge in [0.15, 0.2) is 0 Å². The fourth-order valence-electron chi connectivity index (χ4n) is 4.57. The average Bonchev–Trinajstić information content (AvgIpc) is 3.26. The summed E-state index contributed by atoms with van der Waals surface area (Å²) < 4.78 is 54.1. The molecule has 0 aliphatic carbocycles. The summed E-state index contributed by atoms with van der Waals surface area (Å²) in [6.45, 7) is 18.6. The van der Waals surface area contributed by atoms with Crippen LogP contribution in [0.2, 0.25) is 11.6 Å². The van der Waals surface area contributed by atoms with E-state index in [0.717, 1.165) is 5.56 Å². The van der Waals surface area contributed by atoms with E-state index in [1.165, 1.54) is 4.31 Å². The lowest BCUT2D eigenvalue weighted by Gasteiger charge is -2.32. The molecule has 182 valence electrons. The molecule has 1 aromatic carbocycles. The third kappa shape index (κ3) is 4.21. The average molecular weight is 477 g/mol. The molecule has 0 N–H and O–H groups in total. The van der Waals surface area contributed by atoms with Gasteiger partial charge in [0.25, 0.3) is 0 Å². The second-order valence-electron chi connectivity index (χ2n) is 11.7. The normalized spacial score (nSPS) is 30.8. The summed E-state index contributed by atoms with van der Waals surface area (Å²) in [5, 5.41) is 0. The minimum Gasteiger partial charge on any atom is -0.403 e. The van der Waals surface area contributed by atoms with E-state index in [1.807, 2.05) is 74.4 Å². The second kappa shape index (κ2) is 7.80. The molecule has 0 spiro atoms. The van der Waals surface area contributed by atoms with Crippen molar-refractivity contribution in [3.8, 4) is 0 Å². The van der Waals surface area contributed by atoms with E-state index in [1.54, 1.807) is 12.1 Å². The Morgan fingerprint density at radius 2 is 1.06 bits per heavy atom. The molecule has 2 unspecified atom stereocenters. The standard InChI is InChI=1S/C23H37B2NO6S/c1-16-10-12-17(13-11-16)33(27,28)26-14-18(24-29-20(2,3)21(4,5)30-24)19(15-26)25-31-22(6,7)23(8,9)32-25/h10-13,18-19H,14-15H2,1-9H3. The van der Waals surface area contributed by atoms with Crippen LogP contribution in [-0.4, -0.2) is 62.5 Å². The van der Waals surface area contributed by atoms with Crippen molar-refractivity contribution in [2.24, 2.45) is 0 Å². The maximum Gasteiger partial charge on any atom is 0.462 e. The van der Waals surface area contributed by atoms with Gasteiger partial charge in [0.1, 0.15) is 0 Å². The van der Waals surface area contributed by atoms with Crippen LogP contribution >= 0.6 is 0 Å². The zero-order chi connectivity index (χ0) is 24.6. The molecule has 0 bridgehead atoms. The molecule has 0 amide bonds. The highest BCUT2D eigenvalue weighted by atomic mass is 32.2. The van der Waals surface area contributed by atoms with Crippen LogP contribution in [0.4, 0.5) is 0 Å². The van der Waals surface area contributed by atoms with Gasteiger partial charge in [-0.3, -0.25) is 0 Å². The van der Waals surface area contributed by atoms with Gasteiger partial charge in [0, 0.05) is 24.7 Å². The topological polar surface area (TPSA) is 74.3 Å². The molecule has 3 heterocycles. The molecule has 0 radical (unpaired) electrons. The minimum absolute atomic E-state index is 0.235. The maximum atomic E-state index is 13.5. The van der Waals surface area contributed by atoms with Crippen LogP contribution in [-0.2, 0) is 28.6 Å². The summed E-state index contributed by atoms with van der Waals surface area (Å²) >= 11 is 0. The predicted molar refractivity (Wildman–Crippen MR) is 130 cm³/mol. The Balaban J connectivity index is 1.67. The molecule has 2 atom stereocenters. The lowest BCUT2D eigenvalue weighted by molar-refractivity contribution is 0.00578. The van der Waals surface area contributed by atoms with E-state index >= 15 is 0 Å². The second-order valence-corrected chi connectivity index (χ2v) is 13.7. The molecular formula is C23H37B2NO6S. The molecule has 3 fully saturated rings. The molecule has 33 heavy (non-hydrogen) atoms. The van der Waals surface area contributed by atoms with E-state index in [9.17, 15) is 8.42 Å². The summed E-state index contributed by atoms with van der Waals surface area (Å²) in [6, 6.07) is 6.97. The van der Waals surface area contributed by atoms with Crippen LogP contribution in [0, 0.1) is 6.92 Å². The van der Waals surface area contributed by atoms with Crippen molar-refractivity contribution < 1.29 is 27.0 Å². The molecular weight excluding hydrogens is 440 g/mol. The zero-order valence-corrected chi connectivity index (χ0v) is 22.2. The Morgan fingerprint density at radius 3 is 1.39 bits per heavy atom. The Kier molecular flexibility index (Phi) is 5.96. The van der Waals surface area contributed by atoms with Crippen LogP contribution in [0.5, 0.6) is 0 Å². The number of rotatable bonds is 4. The van der Waals surface area contributed by atoms with E-state index < -0.39 is 46.7 Å². The number of nitrogens with zero attached hydrogens (tertiary/aromatic N) is 1. The number of aryl methyl sites for hydroxylation is 1. The van der Waals surface area contributed by atoms with E-state index in [2.05, 4.69) is 0 Å². The Labute approximate surface area is 199 Å². The highest BCUT2D eigenvalue weighted by Gasteiger charge is 2.63. The van der Waals surface area contributed by atoms with Crippen LogP contribution < -0.4 is 0 Å². The summed E-state index contributed by atoms with van der Waals surface area (Å²) in [5.41, 5.74) is -1.04. The van der Waals surface area contributed by atoms with Gasteiger partial charge in [-0.05, 0) is 74.4 Å². The first-order chi connectivity index (χ1) is 15.0. The molecule has 3 saturated heterocycles. The number of hydrogen-bond acceptors (Lipinski definition) is 6. The van der Waals surface area contributed by atoms with Gasteiger partial charge in [-0.15, -0.1) is 0 Å². The number of benzene rings is 1. The van der Waals surface area contributed by atoms with Gasteiger partial charge in [-0.1, -0.05) is 17.7 Å². The van der Waals surface area contributed by atoms with E-state index in [-0.39, 0.29) is 29.6 Å². The van der Waals surface area contributed by atoms with Crippen molar-refractivity contribution in [2.45, 2.75) is 101 Å². The lowest BCUT2D eigenvalue weighted by Crippen LogP contribution is -2.41. The fraction of sp³-hybridized carbons (Fsp3) is 0.739. The largest absolute Gasteiger partial charge is 0.462 e. The predicted octanol–water partition coefficient (Wildman–Crippen LogP) is 3.92. The first kappa shape index (κ1) is 25.2. The molecule has 3 aliphatic rings. The summed E-state index contributed by atoms with van der Waals surface area (Å²) in [4.78, 5) is 0.287. The number of hydrogen-bond donors (Lipinski definition) is 0. The number of sulfonamides is 1. The van der Waals surface area contributed by atoms with Crippen LogP contribution in [0.3, 0.4) is 0 Å². The third-order valence-corrected chi connectivity index (χ3v) is 10.1. The van der Waals surface area contributed by atoms with E-state index in [4.69, 9.17) is 18.6 Å². The van der Waals surface area contributed by atoms with Crippen molar-refractivity contribution in [1.82, 2.24) is 4.31 Å². The Hall–Kier alpha value is -0.900. The van der Waals surface area contributed by atoms with Gasteiger partial charge in [-0.25, -0.2) is 8.42 Å². The van der Waals surface area contributed by atoms with E-state index in [0.29, 0.717) is 0 Å². The van der Waals surface area contributed by atoms with Crippen LogP contribution in [0.15, 0.2) is 29.2 Å². The van der Waals surface area contributed by atoms with Gasteiger partial charge in [0.2, 0.25) is 10.0 Å². The lowest BCUT2D eigenvalue weighted by atomic mass is 9.54. The van der Waals surface area contributed by atoms with Gasteiger partial charge < -0.3 is 18.6 Å². The van der Waals surface area contributed by atoms with Crippen LogP contribution in [0.1, 0.15) is 61.0 Å². The molecule has 10 heteroatoms. The molecule has 3 aliphatic heterocycles. The summed E-state index contributed by atoms with van der Waals surface area (Å²) in [7, 11) is -4.80. The summed E-state index contributed by atoms with van der Waals surface area (Å²) in [5.74, 6) is -0.470. The highest BCUT2D eigenvalue weighted by molar-refractivity contribution is 7.89. The SMILES string of the molecule is Cc1ccc(S(=O)(=O)N2CC(B3OC(C)(C)C(C)(C)O3)C(B3OC(C)(C)C(C)(C)O3)C2)cc1. The first-order valence-electron chi connectivity index (χ1n) is 11.7. The molecule has 1 aromatic rings. The van der Waals surface area contributed by atoms with Gasteiger partial charge in [-0.2, -0.15) is 4.31 Å². The summed E-state index contributed by atoms with van der Waals surface area (Å²) in [6.07, 6.45) is 0. The minimum atomic E-state index is -3.68. The Bertz CT molecular complexity index is 932. The maximum absolute atomic E-state index is 13.5. The van der Waals surface area contributed by atoms with Crippen molar-refractivity contribution in [1.29, 1.82) is 0 Å². The Morgan fingerprint density at radius 1 is 0.727 bits per heavy atom. The van der Waals surface area contributed by atoms with Crippen molar-refractivity contribution >= 4 is 24.3 Å². The molecule has 0 aromatic heterocycles. The third-order valence-electron chi connectivity index (χ3n) is 8.28. The molecule has 7 nitrogen and oxygen atoms in total. The van der Waals surface area contributed by atoms with Gasteiger partial charge >= 0.3 is 14.2 Å². The van der Waals surface area contributed by atoms with Crippen molar-refractivity contribution in [2.75, 3.05) is 13.1 Å². The smallest absolute Gasteiger partial charge is 0.403 e. The molecule has 4 rings (SSSR count). The van der Waals surface area contributed by atoms with Crippen LogP contribution in [0.25, 0.3) is 0 Å². The highest BCUT2D eigenvalue weighted by Crippen LogP contribution is 2.51. The van der Waals surface area contributed by atoms with Crippen molar-refractivity contribution in [3.05, 3.63) is 29.8 Å². The van der Waals surface area contributed by atoms with Gasteiger partial charge in [0.05, 0.1) is 27.3 Å². The van der Waals surface area contributed by atoms with Crippen molar-refractivity contribution in [3.63, 3.8) is 0 Å². The molecule has 0 saturated carbocycles. The zero-order valence-electron chi connectivity index (χ0n) is 21.3. The first-order valence-corrected chi connectivity index (χ1v) is 13.2. The monoisotopic (exact) mass is 477 g/mol. The fourth-order valence-corrected chi connectivity index (χ4v) is 6.09. The quantitative estimate of drug-likeness (QED) is 0.613.